The van der Waals surface area contributed by atoms with Gasteiger partial charge in [-0.25, -0.2) is 12.7 Å². The Morgan fingerprint density at radius 1 is 1.40 bits per heavy atom. The number of carbonyl (C=O) groups excluding carboxylic acids is 1. The Hall–Kier alpha value is -1.34. The van der Waals surface area contributed by atoms with Gasteiger partial charge in [0, 0.05) is 26.2 Å². The first-order valence-electron chi connectivity index (χ1n) is 6.57. The van der Waals surface area contributed by atoms with Gasteiger partial charge >= 0.3 is 0 Å². The zero-order chi connectivity index (χ0) is 14.9. The number of amides is 1. The molecule has 6 nitrogen and oxygen atoms in total. The van der Waals surface area contributed by atoms with Gasteiger partial charge in [-0.1, -0.05) is 0 Å². The Labute approximate surface area is 119 Å². The van der Waals surface area contributed by atoms with E-state index in [1.165, 1.54) is 16.8 Å². The van der Waals surface area contributed by atoms with Crippen molar-refractivity contribution in [3.63, 3.8) is 0 Å². The van der Waals surface area contributed by atoms with Gasteiger partial charge in [-0.3, -0.25) is 4.79 Å². The van der Waals surface area contributed by atoms with Crippen LogP contribution in [0.2, 0.25) is 0 Å². The summed E-state index contributed by atoms with van der Waals surface area (Å²) in [5.41, 5.74) is 0.583. The second kappa shape index (κ2) is 5.57. The molecule has 20 heavy (non-hydrogen) atoms. The molecule has 0 aromatic carbocycles. The van der Waals surface area contributed by atoms with Crippen LogP contribution in [0.3, 0.4) is 0 Å². The Bertz CT molecular complexity index is 585. The summed E-state index contributed by atoms with van der Waals surface area (Å²) in [6.07, 6.45) is 4.03. The molecule has 0 saturated carbocycles. The molecule has 1 aliphatic heterocycles. The molecule has 0 spiro atoms. The van der Waals surface area contributed by atoms with E-state index in [1.54, 1.807) is 24.9 Å². The van der Waals surface area contributed by atoms with Crippen molar-refractivity contribution >= 4 is 15.9 Å². The second-order valence-electron chi connectivity index (χ2n) is 5.19. The zero-order valence-corrected chi connectivity index (χ0v) is 12.8. The minimum Gasteiger partial charge on any atom is -0.469 e. The Morgan fingerprint density at radius 3 is 2.45 bits per heavy atom. The third-order valence-electron chi connectivity index (χ3n) is 3.88. The molecule has 0 radical (unpaired) electrons. The van der Waals surface area contributed by atoms with Crippen LogP contribution in [0.1, 0.15) is 29.0 Å². The predicted octanol–water partition coefficient (Wildman–Crippen LogP) is 1.08. The summed E-state index contributed by atoms with van der Waals surface area (Å²) in [6.45, 7) is 2.89. The zero-order valence-electron chi connectivity index (χ0n) is 12.0. The number of sulfonamides is 1. The average Bonchev–Trinajstić information content (AvgIpc) is 2.82. The molecule has 0 atom stereocenters. The maximum Gasteiger partial charge on any atom is 0.257 e. The van der Waals surface area contributed by atoms with E-state index in [2.05, 4.69) is 0 Å². The summed E-state index contributed by atoms with van der Waals surface area (Å²) >= 11 is 0. The van der Waals surface area contributed by atoms with E-state index in [0.717, 1.165) is 0 Å². The Kier molecular flexibility index (Phi) is 4.19. The number of carbonyl (C=O) groups is 1. The van der Waals surface area contributed by atoms with Gasteiger partial charge in [-0.15, -0.1) is 0 Å². The molecule has 1 aromatic heterocycles. The monoisotopic (exact) mass is 300 g/mol. The molecule has 2 rings (SSSR count). The highest BCUT2D eigenvalue weighted by molar-refractivity contribution is 7.88. The second-order valence-corrected chi connectivity index (χ2v) is 7.24. The van der Waals surface area contributed by atoms with Crippen LogP contribution in [0.4, 0.5) is 0 Å². The van der Waals surface area contributed by atoms with Crippen LogP contribution in [0.25, 0.3) is 0 Å². The number of rotatable bonds is 3. The van der Waals surface area contributed by atoms with Gasteiger partial charge in [0.25, 0.3) is 5.91 Å². The molecule has 1 aromatic rings. The molecule has 0 bridgehead atoms. The van der Waals surface area contributed by atoms with Crippen LogP contribution in [-0.4, -0.2) is 56.0 Å². The van der Waals surface area contributed by atoms with Gasteiger partial charge < -0.3 is 9.32 Å². The molecular weight excluding hydrogens is 280 g/mol. The number of nitrogens with zero attached hydrogens (tertiary/aromatic N) is 2. The lowest BCUT2D eigenvalue weighted by atomic mass is 10.0. The van der Waals surface area contributed by atoms with Crippen molar-refractivity contribution in [2.75, 3.05) is 26.4 Å². The van der Waals surface area contributed by atoms with E-state index >= 15 is 0 Å². The molecular formula is C13H20N2O4S. The van der Waals surface area contributed by atoms with Crippen LogP contribution in [0.5, 0.6) is 0 Å². The summed E-state index contributed by atoms with van der Waals surface area (Å²) in [7, 11) is -1.58. The molecule has 0 N–H and O–H groups in total. The summed E-state index contributed by atoms with van der Waals surface area (Å²) < 4.78 is 29.6. The van der Waals surface area contributed by atoms with Gasteiger partial charge in [0.2, 0.25) is 10.0 Å². The minimum absolute atomic E-state index is 0.0282. The molecule has 2 heterocycles. The summed E-state index contributed by atoms with van der Waals surface area (Å²) in [5, 5.41) is 0. The van der Waals surface area contributed by atoms with Gasteiger partial charge in [0.1, 0.15) is 5.76 Å². The Morgan fingerprint density at radius 2 is 2.00 bits per heavy atom. The van der Waals surface area contributed by atoms with Crippen molar-refractivity contribution in [3.05, 3.63) is 23.7 Å². The third-order valence-corrected chi connectivity index (χ3v) is 5.22. The fourth-order valence-corrected chi connectivity index (χ4v) is 3.23. The number of furan rings is 1. The topological polar surface area (TPSA) is 70.8 Å². The smallest absolute Gasteiger partial charge is 0.257 e. The van der Waals surface area contributed by atoms with E-state index in [0.29, 0.717) is 37.3 Å². The molecule has 1 fully saturated rings. The number of hydrogen-bond donors (Lipinski definition) is 0. The maximum absolute atomic E-state index is 12.3. The lowest BCUT2D eigenvalue weighted by molar-refractivity contribution is 0.0684. The van der Waals surface area contributed by atoms with Crippen molar-refractivity contribution in [2.45, 2.75) is 25.8 Å². The van der Waals surface area contributed by atoms with Crippen molar-refractivity contribution in [2.24, 2.45) is 0 Å². The fraction of sp³-hybridized carbons (Fsp3) is 0.615. The first kappa shape index (κ1) is 15.1. The number of hydrogen-bond acceptors (Lipinski definition) is 4. The summed E-state index contributed by atoms with van der Waals surface area (Å²) in [4.78, 5) is 14.0. The summed E-state index contributed by atoms with van der Waals surface area (Å²) in [5.74, 6) is 0.571. The van der Waals surface area contributed by atoms with Crippen LogP contribution in [-0.2, 0) is 10.0 Å². The lowest BCUT2D eigenvalue weighted by Crippen LogP contribution is -2.47. The average molecular weight is 300 g/mol. The Balaban J connectivity index is 1.98. The van der Waals surface area contributed by atoms with Crippen molar-refractivity contribution < 1.29 is 17.6 Å². The highest BCUT2D eigenvalue weighted by Crippen LogP contribution is 2.20. The number of piperidine rings is 1. The van der Waals surface area contributed by atoms with E-state index in [4.69, 9.17) is 4.42 Å². The third kappa shape index (κ3) is 3.04. The SMILES string of the molecule is Cc1occc1C(=O)N1CCC(N(C)S(C)(=O)=O)CC1. The minimum atomic E-state index is -3.18. The quantitative estimate of drug-likeness (QED) is 0.837. The van der Waals surface area contributed by atoms with Crippen LogP contribution in [0, 0.1) is 6.92 Å². The maximum atomic E-state index is 12.3. The van der Waals surface area contributed by atoms with Crippen LogP contribution < -0.4 is 0 Å². The van der Waals surface area contributed by atoms with Crippen molar-refractivity contribution in [3.8, 4) is 0 Å². The van der Waals surface area contributed by atoms with E-state index in [9.17, 15) is 13.2 Å². The standard InChI is InChI=1S/C13H20N2O4S/c1-10-12(6-9-19-10)13(16)15-7-4-11(5-8-15)14(2)20(3,17)18/h6,9,11H,4-5,7-8H2,1-3H3. The largest absolute Gasteiger partial charge is 0.469 e. The molecule has 7 heteroatoms. The number of aryl methyl sites for hydroxylation is 1. The first-order chi connectivity index (χ1) is 9.30. The van der Waals surface area contributed by atoms with Crippen molar-refractivity contribution in [1.82, 2.24) is 9.21 Å². The van der Waals surface area contributed by atoms with Gasteiger partial charge in [-0.2, -0.15) is 0 Å². The molecule has 1 aliphatic rings. The molecule has 0 unspecified atom stereocenters. The van der Waals surface area contributed by atoms with E-state index in [1.807, 2.05) is 0 Å². The van der Waals surface area contributed by atoms with Crippen LogP contribution >= 0.6 is 0 Å². The molecule has 112 valence electrons. The normalized spacial score (nSPS) is 17.7. The highest BCUT2D eigenvalue weighted by atomic mass is 32.2. The van der Waals surface area contributed by atoms with Crippen molar-refractivity contribution in [1.29, 1.82) is 0 Å². The predicted molar refractivity (Wildman–Crippen MR) is 75.0 cm³/mol. The highest BCUT2D eigenvalue weighted by Gasteiger charge is 2.30. The van der Waals surface area contributed by atoms with Gasteiger partial charge in [0.05, 0.1) is 18.1 Å². The molecule has 1 amide bonds. The van der Waals surface area contributed by atoms with Gasteiger partial charge in [-0.05, 0) is 25.8 Å². The van der Waals surface area contributed by atoms with E-state index in [-0.39, 0.29) is 11.9 Å². The number of likely N-dealkylation sites (tertiary alicyclic amines) is 1. The molecule has 1 saturated heterocycles. The summed E-state index contributed by atoms with van der Waals surface area (Å²) in [6, 6.07) is 1.64. The van der Waals surface area contributed by atoms with Gasteiger partial charge in [0.15, 0.2) is 0 Å². The fourth-order valence-electron chi connectivity index (χ4n) is 2.48. The lowest BCUT2D eigenvalue weighted by Gasteiger charge is -2.35. The van der Waals surface area contributed by atoms with Crippen LogP contribution in [0.15, 0.2) is 16.7 Å². The molecule has 0 aliphatic carbocycles. The van der Waals surface area contributed by atoms with E-state index < -0.39 is 10.0 Å². The first-order valence-corrected chi connectivity index (χ1v) is 8.42.